The highest BCUT2D eigenvalue weighted by atomic mass is 32.2. The van der Waals surface area contributed by atoms with Crippen LogP contribution in [0, 0.1) is 5.92 Å². The second kappa shape index (κ2) is 8.22. The molecule has 1 aromatic heterocycles. The molecule has 5 rings (SSSR count). The molecular weight excluding hydrogens is 430 g/mol. The first kappa shape index (κ1) is 21.0. The Labute approximate surface area is 186 Å². The van der Waals surface area contributed by atoms with Crippen LogP contribution in [-0.4, -0.2) is 49.1 Å². The summed E-state index contributed by atoms with van der Waals surface area (Å²) in [5, 5.41) is 2.74. The number of carbonyl (C=O) groups is 1. The maximum atomic E-state index is 12.8. The van der Waals surface area contributed by atoms with E-state index in [1.807, 2.05) is 30.3 Å². The van der Waals surface area contributed by atoms with Gasteiger partial charge in [0.2, 0.25) is 21.8 Å². The summed E-state index contributed by atoms with van der Waals surface area (Å²) in [4.78, 5) is 17.3. The summed E-state index contributed by atoms with van der Waals surface area (Å²) in [6, 6.07) is 12.8. The van der Waals surface area contributed by atoms with Gasteiger partial charge >= 0.3 is 0 Å². The second-order valence-electron chi connectivity index (χ2n) is 8.34. The fourth-order valence-electron chi connectivity index (χ4n) is 4.05. The lowest BCUT2D eigenvalue weighted by Crippen LogP contribution is -2.42. The Morgan fingerprint density at radius 3 is 2.47 bits per heavy atom. The average Bonchev–Trinajstić information content (AvgIpc) is 3.59. The van der Waals surface area contributed by atoms with Gasteiger partial charge in [-0.15, -0.1) is 0 Å². The molecule has 2 aliphatic rings. The predicted octanol–water partition coefficient (Wildman–Crippen LogP) is 3.65. The molecule has 1 amide bonds. The number of nitrogens with one attached hydrogen (secondary N) is 1. The molecule has 2 aromatic carbocycles. The van der Waals surface area contributed by atoms with Gasteiger partial charge in [-0.2, -0.15) is 0 Å². The lowest BCUT2D eigenvalue weighted by Gasteiger charge is -2.30. The van der Waals surface area contributed by atoms with Crippen molar-refractivity contribution in [2.24, 2.45) is 5.92 Å². The Morgan fingerprint density at radius 1 is 1.09 bits per heavy atom. The Morgan fingerprint density at radius 2 is 1.81 bits per heavy atom. The van der Waals surface area contributed by atoms with E-state index < -0.39 is 10.0 Å². The number of hydrogen-bond donors (Lipinski definition) is 1. The smallest absolute Gasteiger partial charge is 0.227 e. The number of amides is 1. The third-order valence-corrected chi connectivity index (χ3v) is 8.52. The number of aromatic nitrogens is 1. The van der Waals surface area contributed by atoms with Crippen LogP contribution in [0.2, 0.25) is 0 Å². The molecule has 2 fully saturated rings. The number of carbonyl (C=O) groups excluding carboxylic acids is 1. The second-order valence-corrected chi connectivity index (χ2v) is 10.5. The van der Waals surface area contributed by atoms with Crippen molar-refractivity contribution in [1.82, 2.24) is 9.29 Å². The number of nitrogens with zero attached hydrogens (tertiary/aromatic N) is 2. The number of hydrogen-bond acceptors (Lipinski definition) is 6. The van der Waals surface area contributed by atoms with E-state index >= 15 is 0 Å². The Balaban J connectivity index is 1.24. The van der Waals surface area contributed by atoms with Gasteiger partial charge in [-0.3, -0.25) is 4.79 Å². The summed E-state index contributed by atoms with van der Waals surface area (Å²) in [6.07, 6.45) is 2.58. The zero-order chi connectivity index (χ0) is 22.3. The fraction of sp³-hybridized carbons (Fsp3) is 0.391. The number of benzene rings is 2. The van der Waals surface area contributed by atoms with Gasteiger partial charge < -0.3 is 14.5 Å². The molecule has 0 bridgehead atoms. The van der Waals surface area contributed by atoms with E-state index in [-0.39, 0.29) is 17.1 Å². The molecule has 1 aliphatic heterocycles. The molecule has 0 atom stereocenters. The van der Waals surface area contributed by atoms with Crippen molar-refractivity contribution in [2.75, 3.05) is 25.5 Å². The normalized spacial score (nSPS) is 18.0. The van der Waals surface area contributed by atoms with Crippen LogP contribution >= 0.6 is 0 Å². The zero-order valence-corrected chi connectivity index (χ0v) is 18.6. The first-order valence-corrected chi connectivity index (χ1v) is 12.3. The van der Waals surface area contributed by atoms with E-state index in [0.29, 0.717) is 48.6 Å². The first-order chi connectivity index (χ1) is 15.4. The number of ether oxygens (including phenoxy) is 1. The van der Waals surface area contributed by atoms with Crippen molar-refractivity contribution in [3.8, 4) is 17.2 Å². The third-order valence-electron chi connectivity index (χ3n) is 6.12. The number of anilines is 1. The summed E-state index contributed by atoms with van der Waals surface area (Å²) in [5.41, 5.74) is 2.75. The largest absolute Gasteiger partial charge is 0.497 e. The topological polar surface area (TPSA) is 102 Å². The summed E-state index contributed by atoms with van der Waals surface area (Å²) in [7, 11) is -1.56. The molecular formula is C23H25N3O5S. The zero-order valence-electron chi connectivity index (χ0n) is 17.8. The average molecular weight is 456 g/mol. The molecule has 8 nitrogen and oxygen atoms in total. The standard InChI is InChI=1S/C23H25N3O5S/c1-30-18-5-2-16(3-6-18)23-25-20-9-4-17(14-21(20)31-23)24-22(27)15-10-12-26(13-11-15)32(28,29)19-7-8-19/h2-6,9,14-15,19H,7-8,10-13H2,1H3,(H,24,27). The lowest BCUT2D eigenvalue weighted by molar-refractivity contribution is -0.120. The van der Waals surface area contributed by atoms with Crippen molar-refractivity contribution in [2.45, 2.75) is 30.9 Å². The van der Waals surface area contributed by atoms with Gasteiger partial charge in [-0.25, -0.2) is 17.7 Å². The van der Waals surface area contributed by atoms with Crippen LogP contribution in [0.4, 0.5) is 5.69 Å². The first-order valence-electron chi connectivity index (χ1n) is 10.8. The van der Waals surface area contributed by atoms with E-state index in [1.165, 1.54) is 0 Å². The van der Waals surface area contributed by atoms with Crippen LogP contribution in [-0.2, 0) is 14.8 Å². The molecule has 0 spiro atoms. The molecule has 1 saturated heterocycles. The summed E-state index contributed by atoms with van der Waals surface area (Å²) in [6.45, 7) is 0.812. The quantitative estimate of drug-likeness (QED) is 0.609. The number of rotatable bonds is 6. The maximum Gasteiger partial charge on any atom is 0.227 e. The SMILES string of the molecule is COc1ccc(-c2nc3ccc(NC(=O)C4CCN(S(=O)(=O)C5CC5)CC4)cc3o2)cc1. The third kappa shape index (κ3) is 4.10. The number of piperidine rings is 1. The number of fused-ring (bicyclic) bond motifs is 1. The van der Waals surface area contributed by atoms with Crippen LogP contribution in [0.3, 0.4) is 0 Å². The van der Waals surface area contributed by atoms with Crippen LogP contribution in [0.5, 0.6) is 5.75 Å². The van der Waals surface area contributed by atoms with Crippen molar-refractivity contribution in [1.29, 1.82) is 0 Å². The monoisotopic (exact) mass is 455 g/mol. The van der Waals surface area contributed by atoms with Gasteiger partial charge in [0.15, 0.2) is 5.58 Å². The van der Waals surface area contributed by atoms with Gasteiger partial charge in [0, 0.05) is 36.3 Å². The minimum absolute atomic E-state index is 0.0947. The Kier molecular flexibility index (Phi) is 5.38. The number of methoxy groups -OCH3 is 1. The van der Waals surface area contributed by atoms with E-state index in [2.05, 4.69) is 10.3 Å². The summed E-state index contributed by atoms with van der Waals surface area (Å²) >= 11 is 0. The highest BCUT2D eigenvalue weighted by molar-refractivity contribution is 7.90. The lowest BCUT2D eigenvalue weighted by atomic mass is 9.97. The predicted molar refractivity (Wildman–Crippen MR) is 121 cm³/mol. The Bertz CT molecular complexity index is 1240. The van der Waals surface area contributed by atoms with Gasteiger partial charge in [0.25, 0.3) is 0 Å². The molecule has 32 heavy (non-hydrogen) atoms. The minimum atomic E-state index is -3.17. The maximum absolute atomic E-state index is 12.8. The van der Waals surface area contributed by atoms with Crippen LogP contribution in [0.1, 0.15) is 25.7 Å². The molecule has 168 valence electrons. The molecule has 1 N–H and O–H groups in total. The number of sulfonamides is 1. The molecule has 3 aromatic rings. The van der Waals surface area contributed by atoms with Crippen molar-refractivity contribution < 1.29 is 22.4 Å². The summed E-state index contributed by atoms with van der Waals surface area (Å²) in [5.74, 6) is 0.949. The highest BCUT2D eigenvalue weighted by Crippen LogP contribution is 2.33. The van der Waals surface area contributed by atoms with Crippen molar-refractivity contribution in [3.63, 3.8) is 0 Å². The van der Waals surface area contributed by atoms with Crippen LogP contribution < -0.4 is 10.1 Å². The van der Waals surface area contributed by atoms with Gasteiger partial charge in [-0.05, 0) is 62.1 Å². The highest BCUT2D eigenvalue weighted by Gasteiger charge is 2.41. The van der Waals surface area contributed by atoms with Crippen LogP contribution in [0.25, 0.3) is 22.6 Å². The van der Waals surface area contributed by atoms with Crippen molar-refractivity contribution in [3.05, 3.63) is 42.5 Å². The van der Waals surface area contributed by atoms with Gasteiger partial charge in [0.05, 0.1) is 12.4 Å². The molecule has 1 aliphatic carbocycles. The summed E-state index contributed by atoms with van der Waals surface area (Å²) < 4.78 is 37.4. The van der Waals surface area contributed by atoms with E-state index in [9.17, 15) is 13.2 Å². The number of oxazole rings is 1. The van der Waals surface area contributed by atoms with Gasteiger partial charge in [-0.1, -0.05) is 0 Å². The minimum Gasteiger partial charge on any atom is -0.497 e. The molecule has 0 radical (unpaired) electrons. The van der Waals surface area contributed by atoms with Crippen LogP contribution in [0.15, 0.2) is 46.9 Å². The van der Waals surface area contributed by atoms with E-state index in [4.69, 9.17) is 9.15 Å². The molecule has 2 heterocycles. The molecule has 0 unspecified atom stereocenters. The van der Waals surface area contributed by atoms with E-state index in [1.54, 1.807) is 23.5 Å². The molecule has 1 saturated carbocycles. The van der Waals surface area contributed by atoms with E-state index in [0.717, 1.165) is 24.2 Å². The fourth-order valence-corrected chi connectivity index (χ4v) is 5.93. The molecule has 9 heteroatoms. The van der Waals surface area contributed by atoms with Gasteiger partial charge in [0.1, 0.15) is 11.3 Å². The Hall–Kier alpha value is -2.91. The van der Waals surface area contributed by atoms with Crippen molar-refractivity contribution >= 4 is 32.7 Å².